The van der Waals surface area contributed by atoms with Gasteiger partial charge in [-0.1, -0.05) is 26.0 Å². The molecule has 0 aliphatic carbocycles. The van der Waals surface area contributed by atoms with Crippen molar-refractivity contribution in [3.05, 3.63) is 97.4 Å². The molecule has 9 heteroatoms. The fourth-order valence-electron chi connectivity index (χ4n) is 5.19. The van der Waals surface area contributed by atoms with Crippen molar-refractivity contribution < 1.29 is 24.2 Å². The van der Waals surface area contributed by atoms with E-state index in [0.29, 0.717) is 41.9 Å². The van der Waals surface area contributed by atoms with Gasteiger partial charge in [-0.25, -0.2) is 4.39 Å². The summed E-state index contributed by atoms with van der Waals surface area (Å²) in [6, 6.07) is 15.0. The lowest BCUT2D eigenvalue weighted by atomic mass is 9.80. The number of aromatic hydroxyl groups is 1. The number of rotatable bonds is 14. The molecule has 5 N–H and O–H groups in total. The quantitative estimate of drug-likeness (QED) is 0.174. The van der Waals surface area contributed by atoms with Crippen LogP contribution >= 0.6 is 22.6 Å². The predicted molar refractivity (Wildman–Crippen MR) is 168 cm³/mol. The number of nitrogens with zero attached hydrogens (tertiary/aromatic N) is 1. The average molecular weight is 676 g/mol. The molecule has 2 amide bonds. The molecule has 220 valence electrons. The minimum atomic E-state index is -1.08. The standard InChI is InChI=1S/C32H39FIN3O4/c1-4-9-37(10-5-2)32(41)28-12-20(3)11-27(31(35)40)30(28)26(16-22-13-23(33)17-25(38)15-22)29(39)19-36-18-21-7-6-8-24(34)14-21/h6-8,11-15,17,26,29,36,38-39H,4-5,9-10,16,18-19H2,1-3H3,(H2,35,40)/t26-,29+/m1/s1. The van der Waals surface area contributed by atoms with Gasteiger partial charge in [0, 0.05) is 52.9 Å². The highest BCUT2D eigenvalue weighted by atomic mass is 127. The number of phenolic OH excluding ortho intramolecular Hbond substituents is 1. The van der Waals surface area contributed by atoms with Crippen molar-refractivity contribution in [1.82, 2.24) is 10.2 Å². The van der Waals surface area contributed by atoms with Crippen LogP contribution < -0.4 is 11.1 Å². The highest BCUT2D eigenvalue weighted by molar-refractivity contribution is 14.1. The SMILES string of the molecule is CCCN(CCC)C(=O)c1cc(C)cc(C(N)=O)c1[C@H](Cc1cc(O)cc(F)c1)[C@@H](O)CNCc1cccc(I)c1. The van der Waals surface area contributed by atoms with Crippen LogP contribution in [0, 0.1) is 16.3 Å². The van der Waals surface area contributed by atoms with E-state index in [1.54, 1.807) is 24.0 Å². The molecule has 0 heterocycles. The van der Waals surface area contributed by atoms with Crippen molar-refractivity contribution in [3.63, 3.8) is 0 Å². The van der Waals surface area contributed by atoms with Crippen molar-refractivity contribution in [1.29, 1.82) is 0 Å². The Bertz CT molecular complexity index is 1340. The molecule has 3 rings (SSSR count). The van der Waals surface area contributed by atoms with E-state index < -0.39 is 23.7 Å². The lowest BCUT2D eigenvalue weighted by Gasteiger charge is -2.30. The highest BCUT2D eigenvalue weighted by Crippen LogP contribution is 2.33. The van der Waals surface area contributed by atoms with Gasteiger partial charge < -0.3 is 26.2 Å². The summed E-state index contributed by atoms with van der Waals surface area (Å²) in [5.74, 6) is -2.66. The molecule has 0 saturated carbocycles. The van der Waals surface area contributed by atoms with E-state index in [2.05, 4.69) is 27.9 Å². The number of nitrogens with two attached hydrogens (primary N) is 1. The molecule has 0 aliphatic heterocycles. The molecule has 2 atom stereocenters. The number of hydrogen-bond donors (Lipinski definition) is 4. The molecule has 3 aromatic rings. The molecule has 0 aliphatic rings. The Labute approximate surface area is 255 Å². The maximum absolute atomic E-state index is 14.3. The Balaban J connectivity index is 2.11. The summed E-state index contributed by atoms with van der Waals surface area (Å²) in [6.07, 6.45) is 0.489. The number of carbonyl (C=O) groups is 2. The molecule has 0 unspecified atom stereocenters. The van der Waals surface area contributed by atoms with Crippen LogP contribution in [-0.4, -0.2) is 52.7 Å². The number of nitrogens with one attached hydrogen (secondary N) is 1. The Kier molecular flexibility index (Phi) is 12.1. The second kappa shape index (κ2) is 15.3. The van der Waals surface area contributed by atoms with Gasteiger partial charge in [0.15, 0.2) is 0 Å². The van der Waals surface area contributed by atoms with Gasteiger partial charge in [-0.15, -0.1) is 0 Å². The Morgan fingerprint density at radius 1 is 1.02 bits per heavy atom. The lowest BCUT2D eigenvalue weighted by molar-refractivity contribution is 0.0751. The van der Waals surface area contributed by atoms with E-state index in [4.69, 9.17) is 5.73 Å². The second-order valence-electron chi connectivity index (χ2n) is 10.4. The molecule has 41 heavy (non-hydrogen) atoms. The van der Waals surface area contributed by atoms with Crippen molar-refractivity contribution in [2.45, 2.75) is 58.6 Å². The minimum Gasteiger partial charge on any atom is -0.508 e. The molecule has 7 nitrogen and oxygen atoms in total. The summed E-state index contributed by atoms with van der Waals surface area (Å²) in [7, 11) is 0. The lowest BCUT2D eigenvalue weighted by Crippen LogP contribution is -2.37. The fourth-order valence-corrected chi connectivity index (χ4v) is 5.80. The fraction of sp³-hybridized carbons (Fsp3) is 0.375. The zero-order valence-corrected chi connectivity index (χ0v) is 25.9. The molecule has 0 spiro atoms. The predicted octanol–water partition coefficient (Wildman–Crippen LogP) is 5.28. The first kappa shape index (κ1) is 32.5. The smallest absolute Gasteiger partial charge is 0.254 e. The van der Waals surface area contributed by atoms with Crippen LogP contribution in [0.15, 0.2) is 54.6 Å². The number of aryl methyl sites for hydroxylation is 1. The van der Waals surface area contributed by atoms with Gasteiger partial charge in [0.25, 0.3) is 5.91 Å². The number of carbonyl (C=O) groups excluding carboxylic acids is 2. The van der Waals surface area contributed by atoms with Crippen LogP contribution in [0.25, 0.3) is 0 Å². The molecule has 0 radical (unpaired) electrons. The van der Waals surface area contributed by atoms with Crippen LogP contribution in [0.1, 0.15) is 75.6 Å². The number of amides is 2. The van der Waals surface area contributed by atoms with Gasteiger partial charge in [0.1, 0.15) is 11.6 Å². The van der Waals surface area contributed by atoms with E-state index in [0.717, 1.165) is 28.0 Å². The third-order valence-electron chi connectivity index (χ3n) is 6.90. The number of benzene rings is 3. The summed E-state index contributed by atoms with van der Waals surface area (Å²) in [5.41, 5.74) is 8.76. The Morgan fingerprint density at radius 3 is 2.32 bits per heavy atom. The molecular formula is C32H39FIN3O4. The largest absolute Gasteiger partial charge is 0.508 e. The van der Waals surface area contributed by atoms with Crippen LogP contribution in [0.4, 0.5) is 4.39 Å². The van der Waals surface area contributed by atoms with Crippen molar-refractivity contribution >= 4 is 34.4 Å². The molecule has 0 aromatic heterocycles. The van der Waals surface area contributed by atoms with E-state index >= 15 is 0 Å². The normalized spacial score (nSPS) is 12.6. The third-order valence-corrected chi connectivity index (χ3v) is 7.57. The molecular weight excluding hydrogens is 636 g/mol. The number of phenols is 1. The van der Waals surface area contributed by atoms with Crippen LogP contribution in [0.3, 0.4) is 0 Å². The first-order valence-corrected chi connectivity index (χ1v) is 15.0. The van der Waals surface area contributed by atoms with Crippen molar-refractivity contribution in [2.24, 2.45) is 5.73 Å². The molecule has 0 bridgehead atoms. The zero-order valence-electron chi connectivity index (χ0n) is 23.8. The number of aliphatic hydroxyl groups excluding tert-OH is 1. The van der Waals surface area contributed by atoms with E-state index in [1.807, 2.05) is 38.1 Å². The van der Waals surface area contributed by atoms with Crippen molar-refractivity contribution in [2.75, 3.05) is 19.6 Å². The summed E-state index contributed by atoms with van der Waals surface area (Å²) in [5, 5.41) is 25.0. The van der Waals surface area contributed by atoms with Gasteiger partial charge in [0.2, 0.25) is 5.91 Å². The van der Waals surface area contributed by atoms with E-state index in [9.17, 15) is 24.2 Å². The van der Waals surface area contributed by atoms with E-state index in [-0.39, 0.29) is 30.2 Å². The number of halogens is 2. The van der Waals surface area contributed by atoms with E-state index in [1.165, 1.54) is 12.1 Å². The van der Waals surface area contributed by atoms with Gasteiger partial charge in [-0.3, -0.25) is 9.59 Å². The molecule has 3 aromatic carbocycles. The Hall–Kier alpha value is -3.02. The summed E-state index contributed by atoms with van der Waals surface area (Å²) in [6.45, 7) is 7.46. The van der Waals surface area contributed by atoms with Gasteiger partial charge >= 0.3 is 0 Å². The average Bonchev–Trinajstić information content (AvgIpc) is 2.90. The maximum Gasteiger partial charge on any atom is 0.254 e. The maximum atomic E-state index is 14.3. The van der Waals surface area contributed by atoms with Gasteiger partial charge in [-0.05, 0) is 107 Å². The number of aliphatic hydroxyl groups is 1. The van der Waals surface area contributed by atoms with Crippen molar-refractivity contribution in [3.8, 4) is 5.75 Å². The second-order valence-corrected chi connectivity index (χ2v) is 11.6. The van der Waals surface area contributed by atoms with Crippen LogP contribution in [0.2, 0.25) is 0 Å². The number of hydrogen-bond acceptors (Lipinski definition) is 5. The summed E-state index contributed by atoms with van der Waals surface area (Å²) < 4.78 is 15.4. The van der Waals surface area contributed by atoms with Crippen LogP contribution in [-0.2, 0) is 13.0 Å². The molecule has 0 fully saturated rings. The molecule has 0 saturated heterocycles. The first-order valence-electron chi connectivity index (χ1n) is 13.9. The number of primary amides is 1. The zero-order chi connectivity index (χ0) is 30.1. The van der Waals surface area contributed by atoms with Gasteiger partial charge in [0.05, 0.1) is 6.10 Å². The third kappa shape index (κ3) is 8.98. The Morgan fingerprint density at radius 2 is 1.71 bits per heavy atom. The van der Waals surface area contributed by atoms with Crippen LogP contribution in [0.5, 0.6) is 5.75 Å². The van der Waals surface area contributed by atoms with Gasteiger partial charge in [-0.2, -0.15) is 0 Å². The monoisotopic (exact) mass is 675 g/mol. The topological polar surface area (TPSA) is 116 Å². The minimum absolute atomic E-state index is 0.0581. The summed E-state index contributed by atoms with van der Waals surface area (Å²) in [4.78, 5) is 28.5. The highest BCUT2D eigenvalue weighted by Gasteiger charge is 2.32. The summed E-state index contributed by atoms with van der Waals surface area (Å²) >= 11 is 2.24. The first-order chi connectivity index (χ1) is 19.5.